The highest BCUT2D eigenvalue weighted by atomic mass is 16.5. The minimum atomic E-state index is 0.442. The summed E-state index contributed by atoms with van der Waals surface area (Å²) in [5.41, 5.74) is 11.0. The summed E-state index contributed by atoms with van der Waals surface area (Å²) in [5.74, 6) is 1.29. The maximum atomic E-state index is 6.03. The van der Waals surface area contributed by atoms with E-state index in [1.807, 2.05) is 24.3 Å². The fraction of sp³-hybridized carbons (Fsp3) is 0.381. The van der Waals surface area contributed by atoms with Gasteiger partial charge in [-0.15, -0.1) is 0 Å². The number of ether oxygens (including phenoxy) is 2. The number of nitrogens with zero attached hydrogens (tertiary/aromatic N) is 1. The zero-order valence-corrected chi connectivity index (χ0v) is 15.3. The van der Waals surface area contributed by atoms with Crippen molar-refractivity contribution in [3.63, 3.8) is 0 Å². The van der Waals surface area contributed by atoms with Crippen LogP contribution in [-0.2, 0) is 24.2 Å². The van der Waals surface area contributed by atoms with Crippen molar-refractivity contribution in [2.75, 3.05) is 25.6 Å². The van der Waals surface area contributed by atoms with Crippen LogP contribution in [0.5, 0.6) is 5.75 Å². The van der Waals surface area contributed by atoms with E-state index in [0.717, 1.165) is 29.8 Å². The predicted molar refractivity (Wildman–Crippen MR) is 106 cm³/mol. The molecular formula is C21H27N3O2. The average Bonchev–Trinajstić information content (AvgIpc) is 2.68. The van der Waals surface area contributed by atoms with Gasteiger partial charge in [-0.1, -0.05) is 24.3 Å². The summed E-state index contributed by atoms with van der Waals surface area (Å²) >= 11 is 0. The molecule has 0 fully saturated rings. The number of aliphatic imine (C=N–C) groups is 1. The van der Waals surface area contributed by atoms with E-state index < -0.39 is 0 Å². The second-order valence-corrected chi connectivity index (χ2v) is 6.44. The third kappa shape index (κ3) is 4.99. The van der Waals surface area contributed by atoms with Gasteiger partial charge in [0.2, 0.25) is 0 Å². The number of benzene rings is 2. The van der Waals surface area contributed by atoms with Crippen LogP contribution in [-0.4, -0.2) is 26.2 Å². The zero-order valence-electron chi connectivity index (χ0n) is 15.3. The largest absolute Gasteiger partial charge is 0.497 e. The summed E-state index contributed by atoms with van der Waals surface area (Å²) in [7, 11) is 1.66. The van der Waals surface area contributed by atoms with Crippen molar-refractivity contribution in [1.29, 1.82) is 0 Å². The summed E-state index contributed by atoms with van der Waals surface area (Å²) in [6.07, 6.45) is 4.77. The lowest BCUT2D eigenvalue weighted by molar-refractivity contribution is 0.128. The Balaban J connectivity index is 1.44. The van der Waals surface area contributed by atoms with E-state index >= 15 is 0 Å². The number of fused-ring (bicyclic) bond motifs is 1. The Morgan fingerprint density at radius 3 is 2.73 bits per heavy atom. The fourth-order valence-corrected chi connectivity index (χ4v) is 3.22. The molecule has 0 atom stereocenters. The molecule has 3 rings (SSSR count). The Labute approximate surface area is 155 Å². The van der Waals surface area contributed by atoms with Gasteiger partial charge >= 0.3 is 0 Å². The summed E-state index contributed by atoms with van der Waals surface area (Å²) in [5, 5.41) is 3.25. The lowest BCUT2D eigenvalue weighted by Gasteiger charge is -2.19. The molecule has 0 unspecified atom stereocenters. The molecule has 0 bridgehead atoms. The molecule has 0 saturated heterocycles. The number of nitrogens with two attached hydrogens (primary N) is 1. The zero-order chi connectivity index (χ0) is 18.2. The minimum absolute atomic E-state index is 0.442. The van der Waals surface area contributed by atoms with Gasteiger partial charge in [0.25, 0.3) is 0 Å². The van der Waals surface area contributed by atoms with Gasteiger partial charge in [0, 0.05) is 5.69 Å². The van der Waals surface area contributed by atoms with Crippen LogP contribution in [0.2, 0.25) is 0 Å². The van der Waals surface area contributed by atoms with E-state index in [2.05, 4.69) is 28.5 Å². The lowest BCUT2D eigenvalue weighted by atomic mass is 9.90. The average molecular weight is 353 g/mol. The van der Waals surface area contributed by atoms with Crippen LogP contribution in [0.4, 0.5) is 5.69 Å². The SMILES string of the molecule is COc1ccc(COCCN=C(N)Nc2cccc3c2CCCC3)cc1. The van der Waals surface area contributed by atoms with Gasteiger partial charge in [0.05, 0.1) is 26.9 Å². The standard InChI is InChI=1S/C21H27N3O2/c1-25-18-11-9-16(10-12-18)15-26-14-13-23-21(22)24-20-8-4-6-17-5-2-3-7-19(17)20/h4,6,8-12H,2-3,5,7,13-15H2,1H3,(H3,22,23,24). The molecule has 2 aromatic rings. The third-order valence-electron chi connectivity index (χ3n) is 4.60. The molecule has 0 saturated carbocycles. The number of anilines is 1. The van der Waals surface area contributed by atoms with Crippen molar-refractivity contribution in [3.8, 4) is 5.75 Å². The van der Waals surface area contributed by atoms with Crippen LogP contribution >= 0.6 is 0 Å². The molecule has 3 N–H and O–H groups in total. The van der Waals surface area contributed by atoms with Gasteiger partial charge in [-0.25, -0.2) is 0 Å². The topological polar surface area (TPSA) is 68.9 Å². The number of nitrogens with one attached hydrogen (secondary N) is 1. The Morgan fingerprint density at radius 2 is 1.92 bits per heavy atom. The van der Waals surface area contributed by atoms with Gasteiger partial charge in [-0.3, -0.25) is 4.99 Å². The van der Waals surface area contributed by atoms with Crippen molar-refractivity contribution < 1.29 is 9.47 Å². The van der Waals surface area contributed by atoms with Crippen LogP contribution in [0.1, 0.15) is 29.5 Å². The molecule has 5 heteroatoms. The number of hydrogen-bond acceptors (Lipinski definition) is 3. The van der Waals surface area contributed by atoms with Crippen LogP contribution in [0.15, 0.2) is 47.5 Å². The molecule has 0 radical (unpaired) electrons. The Hall–Kier alpha value is -2.53. The van der Waals surface area contributed by atoms with Gasteiger partial charge < -0.3 is 20.5 Å². The van der Waals surface area contributed by atoms with Crippen LogP contribution < -0.4 is 15.8 Å². The highest BCUT2D eigenvalue weighted by Gasteiger charge is 2.12. The smallest absolute Gasteiger partial charge is 0.193 e. The second kappa shape index (κ2) is 9.25. The summed E-state index contributed by atoms with van der Waals surface area (Å²) < 4.78 is 10.8. The van der Waals surface area contributed by atoms with Crippen LogP contribution in [0.25, 0.3) is 0 Å². The van der Waals surface area contributed by atoms with Gasteiger partial charge in [-0.2, -0.15) is 0 Å². The fourth-order valence-electron chi connectivity index (χ4n) is 3.22. The minimum Gasteiger partial charge on any atom is -0.497 e. The Bertz CT molecular complexity index is 741. The van der Waals surface area contributed by atoms with Crippen LogP contribution in [0, 0.1) is 0 Å². The molecular weight excluding hydrogens is 326 g/mol. The van der Waals surface area contributed by atoms with Crippen molar-refractivity contribution in [2.24, 2.45) is 10.7 Å². The van der Waals surface area contributed by atoms with Crippen LogP contribution in [0.3, 0.4) is 0 Å². The maximum absolute atomic E-state index is 6.03. The summed E-state index contributed by atoms with van der Waals surface area (Å²) in [4.78, 5) is 4.37. The van der Waals surface area contributed by atoms with Gasteiger partial charge in [0.15, 0.2) is 5.96 Å². The third-order valence-corrected chi connectivity index (χ3v) is 4.60. The Kier molecular flexibility index (Phi) is 6.50. The first-order valence-corrected chi connectivity index (χ1v) is 9.14. The van der Waals surface area contributed by atoms with Crippen molar-refractivity contribution >= 4 is 11.6 Å². The van der Waals surface area contributed by atoms with Gasteiger partial charge in [-0.05, 0) is 60.6 Å². The molecule has 1 aliphatic rings. The lowest BCUT2D eigenvalue weighted by Crippen LogP contribution is -2.24. The highest BCUT2D eigenvalue weighted by molar-refractivity contribution is 5.93. The van der Waals surface area contributed by atoms with E-state index in [4.69, 9.17) is 15.2 Å². The molecule has 0 aliphatic heterocycles. The normalized spacial score (nSPS) is 14.0. The summed E-state index contributed by atoms with van der Waals surface area (Å²) in [6.45, 7) is 1.62. The maximum Gasteiger partial charge on any atom is 0.193 e. The van der Waals surface area contributed by atoms with E-state index in [0.29, 0.717) is 25.7 Å². The van der Waals surface area contributed by atoms with E-state index in [9.17, 15) is 0 Å². The van der Waals surface area contributed by atoms with Crippen molar-refractivity contribution in [1.82, 2.24) is 0 Å². The first-order chi connectivity index (χ1) is 12.8. The Morgan fingerprint density at radius 1 is 1.12 bits per heavy atom. The monoisotopic (exact) mass is 353 g/mol. The van der Waals surface area contributed by atoms with E-state index in [1.165, 1.54) is 24.0 Å². The molecule has 0 spiro atoms. The number of aryl methyl sites for hydroxylation is 1. The predicted octanol–water partition coefficient (Wildman–Crippen LogP) is 3.52. The molecule has 26 heavy (non-hydrogen) atoms. The quantitative estimate of drug-likeness (QED) is 0.454. The summed E-state index contributed by atoms with van der Waals surface area (Å²) in [6, 6.07) is 14.2. The first-order valence-electron chi connectivity index (χ1n) is 9.14. The molecule has 0 heterocycles. The molecule has 1 aliphatic carbocycles. The van der Waals surface area contributed by atoms with Crippen molar-refractivity contribution in [2.45, 2.75) is 32.3 Å². The molecule has 0 amide bonds. The van der Waals surface area contributed by atoms with Crippen molar-refractivity contribution in [3.05, 3.63) is 59.2 Å². The molecule has 5 nitrogen and oxygen atoms in total. The molecule has 0 aromatic heterocycles. The number of guanidine groups is 1. The number of rotatable bonds is 7. The first kappa shape index (κ1) is 18.3. The van der Waals surface area contributed by atoms with Gasteiger partial charge in [0.1, 0.15) is 5.75 Å². The molecule has 2 aromatic carbocycles. The number of methoxy groups -OCH3 is 1. The van der Waals surface area contributed by atoms with E-state index in [-0.39, 0.29) is 0 Å². The highest BCUT2D eigenvalue weighted by Crippen LogP contribution is 2.27. The van der Waals surface area contributed by atoms with E-state index in [1.54, 1.807) is 7.11 Å². The number of hydrogen-bond donors (Lipinski definition) is 2. The second-order valence-electron chi connectivity index (χ2n) is 6.44. The molecule has 138 valence electrons.